The van der Waals surface area contributed by atoms with Gasteiger partial charge >= 0.3 is 0 Å². The average molecular weight is 317 g/mol. The van der Waals surface area contributed by atoms with Gasteiger partial charge in [-0.3, -0.25) is 0 Å². The summed E-state index contributed by atoms with van der Waals surface area (Å²) in [4.78, 5) is 4.76. The van der Waals surface area contributed by atoms with E-state index in [0.29, 0.717) is 6.54 Å². The van der Waals surface area contributed by atoms with Gasteiger partial charge in [0.25, 0.3) is 0 Å². The fraction of sp³-hybridized carbons (Fsp3) is 0.150. The van der Waals surface area contributed by atoms with Crippen molar-refractivity contribution >= 4 is 17.0 Å². The highest BCUT2D eigenvalue weighted by atomic mass is 16.3. The van der Waals surface area contributed by atoms with E-state index in [1.165, 1.54) is 11.1 Å². The number of nitrogens with one attached hydrogen (secondary N) is 1. The molecule has 0 aliphatic carbocycles. The Morgan fingerprint density at radius 2 is 1.92 bits per heavy atom. The topological polar surface area (TPSA) is 43.0 Å². The van der Waals surface area contributed by atoms with E-state index >= 15 is 0 Å². The number of hydrogen-bond donors (Lipinski definition) is 1. The largest absolute Gasteiger partial charge is 0.467 e. The lowest BCUT2D eigenvalue weighted by Crippen LogP contribution is -2.08. The van der Waals surface area contributed by atoms with Gasteiger partial charge in [-0.1, -0.05) is 36.4 Å². The number of aryl methyl sites for hydroxylation is 1. The molecule has 0 fully saturated rings. The summed E-state index contributed by atoms with van der Waals surface area (Å²) in [5.41, 5.74) is 4.62. The first kappa shape index (κ1) is 14.6. The fourth-order valence-electron chi connectivity index (χ4n) is 2.87. The Hall–Kier alpha value is -3.01. The molecule has 0 bridgehead atoms. The van der Waals surface area contributed by atoms with Crippen molar-refractivity contribution in [2.24, 2.45) is 0 Å². The Kier molecular flexibility index (Phi) is 3.79. The molecule has 4 aromatic rings. The normalized spacial score (nSPS) is 11.0. The smallest absolute Gasteiger partial charge is 0.204 e. The summed E-state index contributed by atoms with van der Waals surface area (Å²) < 4.78 is 7.63. The highest BCUT2D eigenvalue weighted by Gasteiger charge is 2.11. The van der Waals surface area contributed by atoms with Crippen molar-refractivity contribution in [2.45, 2.75) is 20.0 Å². The second-order valence-corrected chi connectivity index (χ2v) is 5.93. The molecule has 4 rings (SSSR count). The van der Waals surface area contributed by atoms with E-state index < -0.39 is 0 Å². The van der Waals surface area contributed by atoms with Crippen LogP contribution in [0.1, 0.15) is 16.9 Å². The maximum Gasteiger partial charge on any atom is 0.204 e. The van der Waals surface area contributed by atoms with Crippen LogP contribution in [0.15, 0.2) is 71.3 Å². The van der Waals surface area contributed by atoms with Crippen molar-refractivity contribution in [1.82, 2.24) is 9.55 Å². The molecule has 2 heterocycles. The molecular weight excluding hydrogens is 298 g/mol. The quantitative estimate of drug-likeness (QED) is 0.585. The molecular formula is C20H19N3O. The van der Waals surface area contributed by atoms with Crippen LogP contribution in [-0.4, -0.2) is 9.55 Å². The maximum atomic E-state index is 5.41. The summed E-state index contributed by atoms with van der Waals surface area (Å²) in [6.45, 7) is 3.50. The Labute approximate surface area is 140 Å². The molecule has 0 atom stereocenters. The minimum absolute atomic E-state index is 0.615. The molecule has 2 aromatic carbocycles. The molecule has 0 saturated carbocycles. The third-order valence-corrected chi connectivity index (χ3v) is 4.09. The predicted molar refractivity (Wildman–Crippen MR) is 96.0 cm³/mol. The van der Waals surface area contributed by atoms with Crippen LogP contribution in [0.3, 0.4) is 0 Å². The van der Waals surface area contributed by atoms with E-state index in [1.807, 2.05) is 18.2 Å². The fourth-order valence-corrected chi connectivity index (χ4v) is 2.87. The lowest BCUT2D eigenvalue weighted by Gasteiger charge is -2.10. The Balaban J connectivity index is 1.72. The van der Waals surface area contributed by atoms with Gasteiger partial charge in [0.1, 0.15) is 5.76 Å². The third kappa shape index (κ3) is 2.91. The van der Waals surface area contributed by atoms with Crippen LogP contribution in [0.2, 0.25) is 0 Å². The summed E-state index contributed by atoms with van der Waals surface area (Å²) in [5.74, 6) is 1.75. The lowest BCUT2D eigenvalue weighted by atomic mass is 10.2. The van der Waals surface area contributed by atoms with Gasteiger partial charge in [0.15, 0.2) is 0 Å². The number of fused-ring (bicyclic) bond motifs is 1. The van der Waals surface area contributed by atoms with E-state index in [1.54, 1.807) is 6.26 Å². The minimum atomic E-state index is 0.615. The zero-order valence-corrected chi connectivity index (χ0v) is 13.6. The lowest BCUT2D eigenvalue weighted by molar-refractivity contribution is 0.517. The molecule has 1 N–H and O–H groups in total. The third-order valence-electron chi connectivity index (χ3n) is 4.09. The van der Waals surface area contributed by atoms with Gasteiger partial charge in [-0.2, -0.15) is 0 Å². The van der Waals surface area contributed by atoms with Crippen LogP contribution in [0.25, 0.3) is 11.0 Å². The number of nitrogens with zero attached hydrogens (tertiary/aromatic N) is 2. The number of aromatic nitrogens is 2. The first-order valence-electron chi connectivity index (χ1n) is 8.07. The van der Waals surface area contributed by atoms with Crippen LogP contribution in [0.5, 0.6) is 0 Å². The first-order valence-corrected chi connectivity index (χ1v) is 8.07. The number of anilines is 1. The van der Waals surface area contributed by atoms with E-state index in [4.69, 9.17) is 9.40 Å². The van der Waals surface area contributed by atoms with Crippen molar-refractivity contribution in [3.05, 3.63) is 83.8 Å². The molecule has 0 spiro atoms. The number of imidazole rings is 1. The number of rotatable bonds is 5. The minimum Gasteiger partial charge on any atom is -0.467 e. The van der Waals surface area contributed by atoms with Gasteiger partial charge in [-0.15, -0.1) is 0 Å². The van der Waals surface area contributed by atoms with Crippen molar-refractivity contribution in [1.29, 1.82) is 0 Å². The first-order chi connectivity index (χ1) is 11.8. The summed E-state index contributed by atoms with van der Waals surface area (Å²) in [7, 11) is 0. The number of furan rings is 1. The summed E-state index contributed by atoms with van der Waals surface area (Å²) in [6, 6.07) is 20.7. The van der Waals surface area contributed by atoms with Gasteiger partial charge in [0.05, 0.1) is 30.4 Å². The van der Waals surface area contributed by atoms with E-state index in [0.717, 1.165) is 29.3 Å². The molecule has 0 unspecified atom stereocenters. The molecule has 0 aliphatic rings. The van der Waals surface area contributed by atoms with Crippen LogP contribution >= 0.6 is 0 Å². The van der Waals surface area contributed by atoms with Gasteiger partial charge in [0, 0.05) is 0 Å². The molecule has 0 aliphatic heterocycles. The summed E-state index contributed by atoms with van der Waals surface area (Å²) >= 11 is 0. The monoisotopic (exact) mass is 317 g/mol. The van der Waals surface area contributed by atoms with Crippen LogP contribution in [0, 0.1) is 6.92 Å². The van der Waals surface area contributed by atoms with E-state index in [9.17, 15) is 0 Å². The standard InChI is InChI=1S/C20H19N3O/c1-15-9-10-18-19(12-15)23(14-16-6-3-2-4-7-16)20(22-18)21-13-17-8-5-11-24-17/h2-12H,13-14H2,1H3,(H,21,22). The van der Waals surface area contributed by atoms with Crippen molar-refractivity contribution in [2.75, 3.05) is 5.32 Å². The summed E-state index contributed by atoms with van der Waals surface area (Å²) in [6.07, 6.45) is 1.69. The van der Waals surface area contributed by atoms with E-state index in [-0.39, 0.29) is 0 Å². The number of hydrogen-bond acceptors (Lipinski definition) is 3. The van der Waals surface area contributed by atoms with Crippen molar-refractivity contribution in [3.8, 4) is 0 Å². The molecule has 4 nitrogen and oxygen atoms in total. The average Bonchev–Trinajstić information content (AvgIpc) is 3.23. The van der Waals surface area contributed by atoms with Crippen LogP contribution < -0.4 is 5.32 Å². The molecule has 120 valence electrons. The second-order valence-electron chi connectivity index (χ2n) is 5.93. The summed E-state index contributed by atoms with van der Waals surface area (Å²) in [5, 5.41) is 3.40. The predicted octanol–water partition coefficient (Wildman–Crippen LogP) is 4.60. The Morgan fingerprint density at radius 3 is 2.71 bits per heavy atom. The molecule has 0 amide bonds. The molecule has 2 aromatic heterocycles. The van der Waals surface area contributed by atoms with Gasteiger partial charge in [-0.25, -0.2) is 4.98 Å². The van der Waals surface area contributed by atoms with Crippen LogP contribution in [-0.2, 0) is 13.1 Å². The van der Waals surface area contributed by atoms with Gasteiger partial charge < -0.3 is 14.3 Å². The van der Waals surface area contributed by atoms with Crippen molar-refractivity contribution < 1.29 is 4.42 Å². The number of benzene rings is 2. The Bertz CT molecular complexity index is 940. The van der Waals surface area contributed by atoms with Crippen LogP contribution in [0.4, 0.5) is 5.95 Å². The second kappa shape index (κ2) is 6.24. The molecule has 24 heavy (non-hydrogen) atoms. The zero-order valence-electron chi connectivity index (χ0n) is 13.6. The molecule has 4 heteroatoms. The molecule has 0 radical (unpaired) electrons. The highest BCUT2D eigenvalue weighted by molar-refractivity contribution is 5.79. The van der Waals surface area contributed by atoms with Gasteiger partial charge in [0.2, 0.25) is 5.95 Å². The van der Waals surface area contributed by atoms with Gasteiger partial charge in [-0.05, 0) is 42.3 Å². The maximum absolute atomic E-state index is 5.41. The van der Waals surface area contributed by atoms with E-state index in [2.05, 4.69) is 59.3 Å². The SMILES string of the molecule is Cc1ccc2nc(NCc3ccco3)n(Cc3ccccc3)c2c1. The highest BCUT2D eigenvalue weighted by Crippen LogP contribution is 2.23. The molecule has 0 saturated heterocycles. The zero-order chi connectivity index (χ0) is 16.4. The van der Waals surface area contributed by atoms with Crippen molar-refractivity contribution in [3.63, 3.8) is 0 Å². The Morgan fingerprint density at radius 1 is 1.04 bits per heavy atom.